The highest BCUT2D eigenvalue weighted by Crippen LogP contribution is 2.40. The van der Waals surface area contributed by atoms with Crippen LogP contribution in [0.1, 0.15) is 29.8 Å². The van der Waals surface area contributed by atoms with Crippen LogP contribution >= 0.6 is 0 Å². The largest absolute Gasteiger partial charge is 0.375 e. The van der Waals surface area contributed by atoms with Crippen LogP contribution in [-0.4, -0.2) is 33.0 Å². The van der Waals surface area contributed by atoms with E-state index in [4.69, 9.17) is 0 Å². The highest BCUT2D eigenvalue weighted by molar-refractivity contribution is 6.22. The van der Waals surface area contributed by atoms with Gasteiger partial charge in [0.05, 0.1) is 0 Å². The minimum atomic E-state index is 0.140. The van der Waals surface area contributed by atoms with Gasteiger partial charge in [-0.25, -0.2) is 0 Å². The lowest BCUT2D eigenvalue weighted by Crippen LogP contribution is -2.16. The molecule has 0 spiro atoms. The fourth-order valence-electron chi connectivity index (χ4n) is 2.89. The first kappa shape index (κ1) is 14.6. The van der Waals surface area contributed by atoms with E-state index in [0.717, 1.165) is 46.7 Å². The molecule has 3 heteroatoms. The van der Waals surface area contributed by atoms with Crippen LogP contribution in [0.3, 0.4) is 0 Å². The molecule has 0 amide bonds. The fourth-order valence-corrected chi connectivity index (χ4v) is 2.89. The van der Waals surface area contributed by atoms with E-state index >= 15 is 0 Å². The van der Waals surface area contributed by atoms with Crippen LogP contribution < -0.4 is 9.80 Å². The van der Waals surface area contributed by atoms with Crippen LogP contribution in [0.4, 0.5) is 11.4 Å². The summed E-state index contributed by atoms with van der Waals surface area (Å²) in [6, 6.07) is 12.3. The first-order valence-electron chi connectivity index (χ1n) is 7.82. The Bertz CT molecular complexity index is 675. The molecular formula is C19H22N2O. The van der Waals surface area contributed by atoms with E-state index in [1.54, 1.807) is 0 Å². The highest BCUT2D eigenvalue weighted by atomic mass is 16.1. The molecule has 1 aliphatic carbocycles. The lowest BCUT2D eigenvalue weighted by Gasteiger charge is -2.19. The van der Waals surface area contributed by atoms with Gasteiger partial charge >= 0.3 is 0 Å². The van der Waals surface area contributed by atoms with E-state index in [0.29, 0.717) is 0 Å². The molecule has 0 heterocycles. The van der Waals surface area contributed by atoms with Gasteiger partial charge in [-0.05, 0) is 61.4 Å². The molecule has 2 aromatic carbocycles. The molecule has 0 aromatic heterocycles. The predicted molar refractivity (Wildman–Crippen MR) is 93.2 cm³/mol. The van der Waals surface area contributed by atoms with Crippen molar-refractivity contribution in [2.24, 2.45) is 0 Å². The van der Waals surface area contributed by atoms with Gasteiger partial charge in [-0.3, -0.25) is 4.79 Å². The average molecular weight is 294 g/mol. The Morgan fingerprint density at radius 3 is 1.50 bits per heavy atom. The summed E-state index contributed by atoms with van der Waals surface area (Å²) in [5, 5.41) is 0. The standard InChI is InChI=1S/C19H22N2O/c1-5-20(3)13-7-9-15-17(11-13)18-12-14(21(4)6-2)8-10-16(18)19(15)22/h7-12H,5-6H2,1-4H3. The quantitative estimate of drug-likeness (QED) is 0.731. The van der Waals surface area contributed by atoms with Crippen molar-refractivity contribution >= 4 is 17.2 Å². The number of rotatable bonds is 4. The lowest BCUT2D eigenvalue weighted by atomic mass is 10.0. The zero-order valence-corrected chi connectivity index (χ0v) is 13.7. The second-order valence-corrected chi connectivity index (χ2v) is 5.82. The van der Waals surface area contributed by atoms with Gasteiger partial charge in [-0.15, -0.1) is 0 Å². The minimum absolute atomic E-state index is 0.140. The summed E-state index contributed by atoms with van der Waals surface area (Å²) in [4.78, 5) is 16.9. The molecule has 1 aliphatic rings. The maximum Gasteiger partial charge on any atom is 0.194 e. The SMILES string of the molecule is CCN(C)c1ccc2c(c1)-c1cc(N(C)CC)ccc1C2=O. The Morgan fingerprint density at radius 1 is 0.727 bits per heavy atom. The molecule has 2 aromatic rings. The van der Waals surface area contributed by atoms with Crippen molar-refractivity contribution in [2.45, 2.75) is 13.8 Å². The van der Waals surface area contributed by atoms with Crippen molar-refractivity contribution in [3.63, 3.8) is 0 Å². The molecule has 0 fully saturated rings. The van der Waals surface area contributed by atoms with Gasteiger partial charge in [-0.1, -0.05) is 0 Å². The second-order valence-electron chi connectivity index (χ2n) is 5.82. The highest BCUT2D eigenvalue weighted by Gasteiger charge is 2.27. The van der Waals surface area contributed by atoms with Crippen LogP contribution in [0.5, 0.6) is 0 Å². The number of hydrogen-bond donors (Lipinski definition) is 0. The number of ketones is 1. The zero-order valence-electron chi connectivity index (χ0n) is 13.7. The van der Waals surface area contributed by atoms with Crippen LogP contribution in [0.15, 0.2) is 36.4 Å². The summed E-state index contributed by atoms with van der Waals surface area (Å²) in [6.45, 7) is 6.14. The third-order valence-electron chi connectivity index (χ3n) is 4.62. The molecule has 0 aliphatic heterocycles. The maximum atomic E-state index is 12.6. The summed E-state index contributed by atoms with van der Waals surface area (Å²) in [7, 11) is 4.14. The Labute approximate surface area is 132 Å². The predicted octanol–water partition coefficient (Wildman–Crippen LogP) is 3.81. The molecule has 0 saturated carbocycles. The molecule has 0 saturated heterocycles. The normalized spacial score (nSPS) is 12.1. The number of nitrogens with zero attached hydrogens (tertiary/aromatic N) is 2. The van der Waals surface area contributed by atoms with Crippen LogP contribution in [0.2, 0.25) is 0 Å². The molecule has 114 valence electrons. The van der Waals surface area contributed by atoms with Crippen LogP contribution in [-0.2, 0) is 0 Å². The third-order valence-corrected chi connectivity index (χ3v) is 4.62. The van der Waals surface area contributed by atoms with Gasteiger partial charge in [0.1, 0.15) is 0 Å². The minimum Gasteiger partial charge on any atom is -0.375 e. The molecule has 0 N–H and O–H groups in total. The Balaban J connectivity index is 2.14. The van der Waals surface area contributed by atoms with Crippen molar-refractivity contribution in [2.75, 3.05) is 37.0 Å². The molecule has 0 atom stereocenters. The number of carbonyl (C=O) groups is 1. The van der Waals surface area contributed by atoms with Crippen molar-refractivity contribution in [1.29, 1.82) is 0 Å². The first-order valence-corrected chi connectivity index (χ1v) is 7.82. The van der Waals surface area contributed by atoms with Gasteiger partial charge in [0.25, 0.3) is 0 Å². The van der Waals surface area contributed by atoms with E-state index in [1.807, 2.05) is 24.3 Å². The maximum absolute atomic E-state index is 12.6. The van der Waals surface area contributed by atoms with Gasteiger partial charge in [0, 0.05) is 49.7 Å². The molecule has 3 nitrogen and oxygen atoms in total. The summed E-state index contributed by atoms with van der Waals surface area (Å²) in [5.74, 6) is 0.140. The Kier molecular flexibility index (Phi) is 3.65. The molecule has 0 bridgehead atoms. The number of benzene rings is 2. The van der Waals surface area contributed by atoms with Gasteiger partial charge in [-0.2, -0.15) is 0 Å². The molecule has 22 heavy (non-hydrogen) atoms. The van der Waals surface area contributed by atoms with Crippen LogP contribution in [0, 0.1) is 0 Å². The fraction of sp³-hybridized carbons (Fsp3) is 0.316. The first-order chi connectivity index (χ1) is 10.6. The summed E-state index contributed by atoms with van der Waals surface area (Å²) < 4.78 is 0. The van der Waals surface area contributed by atoms with Gasteiger partial charge < -0.3 is 9.80 Å². The summed E-state index contributed by atoms with van der Waals surface area (Å²) in [5.41, 5.74) is 6.06. The monoisotopic (exact) mass is 294 g/mol. The van der Waals surface area contributed by atoms with E-state index in [9.17, 15) is 4.79 Å². The Hall–Kier alpha value is -2.29. The average Bonchev–Trinajstić information content (AvgIpc) is 2.85. The van der Waals surface area contributed by atoms with Gasteiger partial charge in [0.15, 0.2) is 5.78 Å². The molecule has 3 rings (SSSR count). The van der Waals surface area contributed by atoms with E-state index in [1.165, 1.54) is 0 Å². The van der Waals surface area contributed by atoms with Crippen molar-refractivity contribution in [1.82, 2.24) is 0 Å². The topological polar surface area (TPSA) is 23.6 Å². The van der Waals surface area contributed by atoms with E-state index in [2.05, 4.69) is 49.9 Å². The second kappa shape index (κ2) is 5.48. The molecule has 0 radical (unpaired) electrons. The summed E-state index contributed by atoms with van der Waals surface area (Å²) >= 11 is 0. The van der Waals surface area contributed by atoms with Crippen molar-refractivity contribution in [3.8, 4) is 11.1 Å². The number of carbonyl (C=O) groups excluding carboxylic acids is 1. The zero-order chi connectivity index (χ0) is 15.9. The Morgan fingerprint density at radius 2 is 1.14 bits per heavy atom. The third kappa shape index (κ3) is 2.17. The smallest absolute Gasteiger partial charge is 0.194 e. The van der Waals surface area contributed by atoms with E-state index in [-0.39, 0.29) is 5.78 Å². The summed E-state index contributed by atoms with van der Waals surface area (Å²) in [6.07, 6.45) is 0. The number of anilines is 2. The molecular weight excluding hydrogens is 272 g/mol. The lowest BCUT2D eigenvalue weighted by molar-refractivity contribution is 0.104. The molecule has 0 unspecified atom stereocenters. The van der Waals surface area contributed by atoms with Crippen LogP contribution in [0.25, 0.3) is 11.1 Å². The van der Waals surface area contributed by atoms with Crippen molar-refractivity contribution < 1.29 is 4.79 Å². The van der Waals surface area contributed by atoms with Gasteiger partial charge in [0.2, 0.25) is 0 Å². The number of hydrogen-bond acceptors (Lipinski definition) is 3. The number of fused-ring (bicyclic) bond motifs is 3. The van der Waals surface area contributed by atoms with E-state index < -0.39 is 0 Å². The van der Waals surface area contributed by atoms with Crippen molar-refractivity contribution in [3.05, 3.63) is 47.5 Å².